The van der Waals surface area contributed by atoms with Gasteiger partial charge in [0.05, 0.1) is 35.2 Å². The molecule has 3 aromatic heterocycles. The van der Waals surface area contributed by atoms with Crippen LogP contribution in [0.15, 0.2) is 79.1 Å². The lowest BCUT2D eigenvalue weighted by molar-refractivity contribution is 0.803. The molecule has 5 rings (SSSR count). The van der Waals surface area contributed by atoms with Gasteiger partial charge in [-0.1, -0.05) is 16.5 Å². The zero-order valence-corrected chi connectivity index (χ0v) is 15.8. The van der Waals surface area contributed by atoms with E-state index in [4.69, 9.17) is 11.5 Å². The van der Waals surface area contributed by atoms with Crippen molar-refractivity contribution in [2.45, 2.75) is 0 Å². The lowest BCUT2D eigenvalue weighted by atomic mass is 10.2. The van der Waals surface area contributed by atoms with Gasteiger partial charge in [0.1, 0.15) is 11.4 Å². The molecule has 0 aliphatic rings. The molecule has 0 bridgehead atoms. The normalized spacial score (nSPS) is 10.9. The number of aromatic nitrogens is 7. The Morgan fingerprint density at radius 1 is 0.533 bits per heavy atom. The van der Waals surface area contributed by atoms with Gasteiger partial charge >= 0.3 is 0 Å². The molecule has 9 heteroatoms. The summed E-state index contributed by atoms with van der Waals surface area (Å²) in [6.07, 6.45) is 3.64. The first-order valence-electron chi connectivity index (χ1n) is 9.20. The van der Waals surface area contributed by atoms with Gasteiger partial charge in [0, 0.05) is 11.4 Å². The lowest BCUT2D eigenvalue weighted by Gasteiger charge is -2.01. The molecule has 5 aromatic rings. The number of anilines is 2. The fourth-order valence-electron chi connectivity index (χ4n) is 2.99. The van der Waals surface area contributed by atoms with Gasteiger partial charge in [-0.3, -0.25) is 0 Å². The molecule has 2 aromatic carbocycles. The van der Waals surface area contributed by atoms with Crippen molar-refractivity contribution in [3.8, 4) is 34.2 Å². The number of nitrogens with zero attached hydrogens (tertiary/aromatic N) is 7. The molecule has 0 aliphatic heterocycles. The zero-order chi connectivity index (χ0) is 20.5. The maximum absolute atomic E-state index is 5.74. The summed E-state index contributed by atoms with van der Waals surface area (Å²) >= 11 is 0. The summed E-state index contributed by atoms with van der Waals surface area (Å²) in [5.74, 6) is 0. The highest BCUT2D eigenvalue weighted by atomic mass is 15.4. The van der Waals surface area contributed by atoms with Crippen molar-refractivity contribution in [1.29, 1.82) is 0 Å². The Kier molecular flexibility index (Phi) is 4.18. The number of benzene rings is 2. The van der Waals surface area contributed by atoms with Crippen LogP contribution in [0.25, 0.3) is 34.2 Å². The first kappa shape index (κ1) is 17.6. The molecule has 0 unspecified atom stereocenters. The molecular weight excluding hydrogens is 378 g/mol. The fourth-order valence-corrected chi connectivity index (χ4v) is 2.99. The lowest BCUT2D eigenvalue weighted by Crippen LogP contribution is -1.95. The van der Waals surface area contributed by atoms with Crippen LogP contribution in [0, 0.1) is 0 Å². The Balaban J connectivity index is 1.44. The fraction of sp³-hybridized carbons (Fsp3) is 0. The molecule has 0 radical (unpaired) electrons. The van der Waals surface area contributed by atoms with Gasteiger partial charge in [-0.15, -0.1) is 10.2 Å². The highest BCUT2D eigenvalue weighted by Crippen LogP contribution is 2.21. The minimum Gasteiger partial charge on any atom is -0.399 e. The summed E-state index contributed by atoms with van der Waals surface area (Å²) in [5, 5.41) is 16.9. The highest BCUT2D eigenvalue weighted by Gasteiger charge is 2.11. The van der Waals surface area contributed by atoms with Crippen LogP contribution in [-0.4, -0.2) is 35.0 Å². The summed E-state index contributed by atoms with van der Waals surface area (Å²) in [6.45, 7) is 0. The van der Waals surface area contributed by atoms with Crippen molar-refractivity contribution in [2.75, 3.05) is 11.5 Å². The van der Waals surface area contributed by atoms with E-state index in [1.165, 1.54) is 0 Å². The molecule has 0 saturated carbocycles. The minimum absolute atomic E-state index is 0.652. The van der Waals surface area contributed by atoms with Crippen LogP contribution in [-0.2, 0) is 0 Å². The van der Waals surface area contributed by atoms with Crippen molar-refractivity contribution in [2.24, 2.45) is 0 Å². The average molecular weight is 395 g/mol. The molecule has 0 amide bonds. The van der Waals surface area contributed by atoms with E-state index in [1.807, 2.05) is 79.1 Å². The van der Waals surface area contributed by atoms with E-state index in [2.05, 4.69) is 25.6 Å². The second-order valence-electron chi connectivity index (χ2n) is 6.69. The molecule has 0 fully saturated rings. The molecule has 0 saturated heterocycles. The summed E-state index contributed by atoms with van der Waals surface area (Å²) in [4.78, 5) is 4.68. The monoisotopic (exact) mass is 395 g/mol. The Morgan fingerprint density at radius 3 is 1.40 bits per heavy atom. The van der Waals surface area contributed by atoms with Gasteiger partial charge in [0.15, 0.2) is 0 Å². The topological polar surface area (TPSA) is 126 Å². The van der Waals surface area contributed by atoms with Gasteiger partial charge in [-0.25, -0.2) is 14.3 Å². The Morgan fingerprint density at radius 2 is 0.967 bits per heavy atom. The van der Waals surface area contributed by atoms with Crippen molar-refractivity contribution >= 4 is 11.4 Å². The highest BCUT2D eigenvalue weighted by molar-refractivity contribution is 5.61. The third-order valence-electron chi connectivity index (χ3n) is 4.58. The van der Waals surface area contributed by atoms with Crippen LogP contribution >= 0.6 is 0 Å². The maximum Gasteiger partial charge on any atom is 0.131 e. The smallest absolute Gasteiger partial charge is 0.131 e. The van der Waals surface area contributed by atoms with Gasteiger partial charge in [-0.05, 0) is 60.7 Å². The van der Waals surface area contributed by atoms with Crippen LogP contribution in [0.5, 0.6) is 0 Å². The van der Waals surface area contributed by atoms with Gasteiger partial charge < -0.3 is 11.5 Å². The Hall–Kier alpha value is -4.53. The summed E-state index contributed by atoms with van der Waals surface area (Å²) in [6, 6.07) is 20.5. The van der Waals surface area contributed by atoms with E-state index in [9.17, 15) is 0 Å². The van der Waals surface area contributed by atoms with Gasteiger partial charge in [0.2, 0.25) is 0 Å². The van der Waals surface area contributed by atoms with Crippen LogP contribution in [0.3, 0.4) is 0 Å². The number of nitrogens with two attached hydrogens (primary N) is 2. The number of hydrogen-bond acceptors (Lipinski definition) is 7. The van der Waals surface area contributed by atoms with Crippen LogP contribution in [0.2, 0.25) is 0 Å². The van der Waals surface area contributed by atoms with Crippen molar-refractivity contribution in [1.82, 2.24) is 35.0 Å². The van der Waals surface area contributed by atoms with E-state index < -0.39 is 0 Å². The summed E-state index contributed by atoms with van der Waals surface area (Å²) in [5.41, 5.74) is 17.3. The first-order valence-corrected chi connectivity index (χ1v) is 9.20. The average Bonchev–Trinajstić information content (AvgIpc) is 3.45. The molecule has 0 atom stereocenters. The molecule has 30 heavy (non-hydrogen) atoms. The van der Waals surface area contributed by atoms with E-state index in [0.29, 0.717) is 34.2 Å². The van der Waals surface area contributed by atoms with E-state index in [0.717, 1.165) is 11.4 Å². The van der Waals surface area contributed by atoms with Crippen molar-refractivity contribution < 1.29 is 0 Å². The first-order chi connectivity index (χ1) is 14.7. The molecule has 0 aliphatic carbocycles. The summed E-state index contributed by atoms with van der Waals surface area (Å²) in [7, 11) is 0. The molecule has 0 spiro atoms. The summed E-state index contributed by atoms with van der Waals surface area (Å²) < 4.78 is 3.36. The van der Waals surface area contributed by atoms with Crippen LogP contribution in [0.4, 0.5) is 11.4 Å². The predicted octanol–water partition coefficient (Wildman–Crippen LogP) is 2.74. The standard InChI is InChI=1S/C21H17N9/c22-14-4-8-16(9-5-14)29-12-20(25-27-29)18-2-1-3-19(24-18)21-13-30(28-26-21)17-10-6-15(23)7-11-17/h1-13H,22-23H2. The maximum atomic E-state index is 5.74. The number of rotatable bonds is 4. The molecule has 146 valence electrons. The molecular formula is C21H17N9. The second-order valence-corrected chi connectivity index (χ2v) is 6.69. The zero-order valence-electron chi connectivity index (χ0n) is 15.8. The molecule has 9 nitrogen and oxygen atoms in total. The predicted molar refractivity (Wildman–Crippen MR) is 114 cm³/mol. The molecule has 3 heterocycles. The molecule has 4 N–H and O–H groups in total. The third kappa shape index (κ3) is 3.35. The quantitative estimate of drug-likeness (QED) is 0.448. The minimum atomic E-state index is 0.652. The number of nitrogen functional groups attached to an aromatic ring is 2. The van der Waals surface area contributed by atoms with Gasteiger partial charge in [-0.2, -0.15) is 0 Å². The third-order valence-corrected chi connectivity index (χ3v) is 4.58. The van der Waals surface area contributed by atoms with Crippen LogP contribution in [0.1, 0.15) is 0 Å². The largest absolute Gasteiger partial charge is 0.399 e. The van der Waals surface area contributed by atoms with E-state index >= 15 is 0 Å². The van der Waals surface area contributed by atoms with Gasteiger partial charge in [0.25, 0.3) is 0 Å². The van der Waals surface area contributed by atoms with Crippen molar-refractivity contribution in [3.63, 3.8) is 0 Å². The number of hydrogen-bond donors (Lipinski definition) is 2. The number of pyridine rings is 1. The van der Waals surface area contributed by atoms with Crippen molar-refractivity contribution in [3.05, 3.63) is 79.1 Å². The van der Waals surface area contributed by atoms with E-state index in [-0.39, 0.29) is 0 Å². The van der Waals surface area contributed by atoms with E-state index in [1.54, 1.807) is 9.36 Å². The Bertz CT molecular complexity index is 1200. The second kappa shape index (κ2) is 7.13. The Labute approximate surface area is 171 Å². The van der Waals surface area contributed by atoms with Crippen LogP contribution < -0.4 is 11.5 Å². The SMILES string of the molecule is Nc1ccc(-n2cc(-c3cccc(-c4cn(-c5ccc(N)cc5)nn4)n3)nn2)cc1.